The van der Waals surface area contributed by atoms with E-state index in [1.165, 1.54) is 11.3 Å². The number of hydrogen-bond acceptors (Lipinski definition) is 6. The number of thiazole rings is 1. The molecule has 0 aliphatic heterocycles. The fourth-order valence-electron chi connectivity index (χ4n) is 4.08. The molecule has 39 heavy (non-hydrogen) atoms. The molecule has 0 saturated carbocycles. The first-order valence-corrected chi connectivity index (χ1v) is 14.1. The second-order valence-corrected chi connectivity index (χ2v) is 11.3. The molecule has 3 N–H and O–H groups in total. The summed E-state index contributed by atoms with van der Waals surface area (Å²) in [4.78, 5) is 45.2. The molecule has 0 aliphatic carbocycles. The maximum Gasteiger partial charge on any atom is 0.247 e. The number of rotatable bonds is 14. The van der Waals surface area contributed by atoms with Crippen molar-refractivity contribution in [1.29, 1.82) is 0 Å². The van der Waals surface area contributed by atoms with Crippen molar-refractivity contribution in [2.45, 2.75) is 44.7 Å². The van der Waals surface area contributed by atoms with E-state index in [1.807, 2.05) is 68.4 Å². The van der Waals surface area contributed by atoms with E-state index < -0.39 is 12.1 Å². The van der Waals surface area contributed by atoms with Crippen LogP contribution in [0, 0.1) is 0 Å². The third-order valence-corrected chi connectivity index (χ3v) is 7.19. The number of fused-ring (bicyclic) bond motifs is 1. The zero-order chi connectivity index (χ0) is 28.4. The highest BCUT2D eigenvalue weighted by Crippen LogP contribution is 2.26. The molecule has 0 unspecified atom stereocenters. The summed E-state index contributed by atoms with van der Waals surface area (Å²) in [6, 6.07) is 13.9. The predicted molar refractivity (Wildman–Crippen MR) is 158 cm³/mol. The van der Waals surface area contributed by atoms with Gasteiger partial charge in [0.15, 0.2) is 0 Å². The molecule has 0 saturated heterocycles. The number of benzene rings is 2. The minimum Gasteiger partial charge on any atom is -0.350 e. The lowest BCUT2D eigenvalue weighted by Gasteiger charge is -2.24. The zero-order valence-corrected chi connectivity index (χ0v) is 24.2. The van der Waals surface area contributed by atoms with Crippen molar-refractivity contribution in [3.63, 3.8) is 0 Å². The average molecular weight is 570 g/mol. The van der Waals surface area contributed by atoms with Gasteiger partial charge in [0, 0.05) is 36.5 Å². The van der Waals surface area contributed by atoms with Crippen LogP contribution in [-0.4, -0.2) is 66.9 Å². The van der Waals surface area contributed by atoms with Gasteiger partial charge in [-0.05, 0) is 50.7 Å². The maximum absolute atomic E-state index is 13.6. The summed E-state index contributed by atoms with van der Waals surface area (Å²) >= 11 is 7.57. The Kier molecular flexibility index (Phi) is 11.5. The summed E-state index contributed by atoms with van der Waals surface area (Å²) in [5.41, 5.74) is 2.24. The van der Waals surface area contributed by atoms with Gasteiger partial charge in [0.2, 0.25) is 17.7 Å². The van der Waals surface area contributed by atoms with Crippen LogP contribution in [0.3, 0.4) is 0 Å². The summed E-state index contributed by atoms with van der Waals surface area (Å²) in [6.45, 7) is 6.42. The molecule has 3 amide bonds. The zero-order valence-electron chi connectivity index (χ0n) is 22.6. The van der Waals surface area contributed by atoms with E-state index in [2.05, 4.69) is 27.5 Å². The largest absolute Gasteiger partial charge is 0.350 e. The number of halogens is 1. The third-order valence-electron chi connectivity index (χ3n) is 5.91. The molecule has 3 aromatic rings. The molecular weight excluding hydrogens is 534 g/mol. The molecule has 0 fully saturated rings. The fourth-order valence-corrected chi connectivity index (χ4v) is 5.37. The van der Waals surface area contributed by atoms with Crippen LogP contribution in [0.25, 0.3) is 10.2 Å². The molecule has 3 rings (SSSR count). The van der Waals surface area contributed by atoms with E-state index >= 15 is 0 Å². The molecule has 1 aromatic heterocycles. The summed E-state index contributed by atoms with van der Waals surface area (Å²) in [5, 5.41) is 10.2. The SMILES string of the molecule is C=C(CN(C)C)C(=O)NC[C@H](Cc1ccccc1)NC(=O)[C@H](Cc1nc2ccc(Cl)cc2s1)NC(=O)CCC. The number of nitrogens with one attached hydrogen (secondary N) is 3. The quantitative estimate of drug-likeness (QED) is 0.257. The molecule has 8 nitrogen and oxygen atoms in total. The number of hydrogen-bond donors (Lipinski definition) is 3. The second-order valence-electron chi connectivity index (χ2n) is 9.74. The summed E-state index contributed by atoms with van der Waals surface area (Å²) in [6.07, 6.45) is 1.72. The third kappa shape index (κ3) is 9.76. The molecule has 10 heteroatoms. The van der Waals surface area contributed by atoms with Gasteiger partial charge < -0.3 is 20.9 Å². The Balaban J connectivity index is 1.77. The van der Waals surface area contributed by atoms with E-state index in [-0.39, 0.29) is 30.7 Å². The fraction of sp³-hybridized carbons (Fsp3) is 0.379. The van der Waals surface area contributed by atoms with E-state index in [0.717, 1.165) is 20.8 Å². The Morgan fingerprint density at radius 1 is 1.08 bits per heavy atom. The number of likely N-dealkylation sites (N-methyl/N-ethyl adjacent to an activating group) is 1. The molecule has 2 aromatic carbocycles. The average Bonchev–Trinajstić information content (AvgIpc) is 3.28. The topological polar surface area (TPSA) is 103 Å². The van der Waals surface area contributed by atoms with E-state index in [1.54, 1.807) is 6.07 Å². The first kappa shape index (κ1) is 30.3. The van der Waals surface area contributed by atoms with Gasteiger partial charge in [0.25, 0.3) is 0 Å². The first-order valence-electron chi connectivity index (χ1n) is 12.9. The smallest absolute Gasteiger partial charge is 0.247 e. The van der Waals surface area contributed by atoms with Gasteiger partial charge in [-0.1, -0.05) is 55.4 Å². The summed E-state index contributed by atoms with van der Waals surface area (Å²) in [7, 11) is 3.73. The van der Waals surface area contributed by atoms with Crippen molar-refractivity contribution in [3.05, 3.63) is 76.3 Å². The van der Waals surface area contributed by atoms with E-state index in [4.69, 9.17) is 11.6 Å². The van der Waals surface area contributed by atoms with Gasteiger partial charge >= 0.3 is 0 Å². The highest BCUT2D eigenvalue weighted by Gasteiger charge is 2.26. The molecule has 0 bridgehead atoms. The molecule has 2 atom stereocenters. The van der Waals surface area contributed by atoms with Crippen LogP contribution in [0.4, 0.5) is 0 Å². The van der Waals surface area contributed by atoms with Crippen molar-refractivity contribution >= 4 is 50.9 Å². The molecule has 1 heterocycles. The lowest BCUT2D eigenvalue weighted by atomic mass is 10.0. The van der Waals surface area contributed by atoms with Crippen LogP contribution >= 0.6 is 22.9 Å². The Labute approximate surface area is 238 Å². The van der Waals surface area contributed by atoms with Crippen LogP contribution in [0.2, 0.25) is 5.02 Å². The lowest BCUT2D eigenvalue weighted by Crippen LogP contribution is -2.53. The number of amides is 3. The van der Waals surface area contributed by atoms with Gasteiger partial charge in [-0.3, -0.25) is 14.4 Å². The number of carbonyl (C=O) groups is 3. The lowest BCUT2D eigenvalue weighted by molar-refractivity contribution is -0.129. The maximum atomic E-state index is 13.6. The minimum absolute atomic E-state index is 0.199. The van der Waals surface area contributed by atoms with Crippen molar-refractivity contribution in [3.8, 4) is 0 Å². The normalized spacial score (nSPS) is 12.6. The summed E-state index contributed by atoms with van der Waals surface area (Å²) < 4.78 is 0.916. The summed E-state index contributed by atoms with van der Waals surface area (Å²) in [5.74, 6) is -0.800. The molecule has 0 aliphatic rings. The van der Waals surface area contributed by atoms with Crippen molar-refractivity contribution in [1.82, 2.24) is 25.8 Å². The van der Waals surface area contributed by atoms with Crippen LogP contribution in [0.15, 0.2) is 60.7 Å². The molecule has 208 valence electrons. The van der Waals surface area contributed by atoms with Crippen molar-refractivity contribution in [2.24, 2.45) is 0 Å². The highest BCUT2D eigenvalue weighted by atomic mass is 35.5. The monoisotopic (exact) mass is 569 g/mol. The predicted octanol–water partition coefficient (Wildman–Crippen LogP) is 3.74. The second kappa shape index (κ2) is 14.8. The Bertz CT molecular complexity index is 1290. The van der Waals surface area contributed by atoms with Gasteiger partial charge in [-0.15, -0.1) is 11.3 Å². The molecule has 0 radical (unpaired) electrons. The van der Waals surface area contributed by atoms with Crippen LogP contribution < -0.4 is 16.0 Å². The van der Waals surface area contributed by atoms with Crippen LogP contribution in [0.1, 0.15) is 30.3 Å². The van der Waals surface area contributed by atoms with Gasteiger partial charge in [-0.2, -0.15) is 0 Å². The van der Waals surface area contributed by atoms with Crippen LogP contribution in [-0.2, 0) is 27.2 Å². The van der Waals surface area contributed by atoms with E-state index in [0.29, 0.717) is 36.4 Å². The van der Waals surface area contributed by atoms with Crippen molar-refractivity contribution in [2.75, 3.05) is 27.2 Å². The highest BCUT2D eigenvalue weighted by molar-refractivity contribution is 7.18. The standard InChI is InChI=1S/C29H36ClN5O3S/c1-5-9-26(36)33-24(16-27-34-23-13-12-21(30)15-25(23)39-27)29(38)32-22(14-20-10-7-6-8-11-20)17-31-28(37)19(2)18-35(3)4/h6-8,10-13,15,22,24H,2,5,9,14,16-18H2,1,3-4H3,(H,31,37)(H,32,38)(H,33,36)/t22-,24-/m0/s1. The van der Waals surface area contributed by atoms with Gasteiger partial charge in [0.1, 0.15) is 6.04 Å². The number of nitrogens with zero attached hydrogens (tertiary/aromatic N) is 2. The molecular formula is C29H36ClN5O3S. The van der Waals surface area contributed by atoms with Crippen molar-refractivity contribution < 1.29 is 14.4 Å². The van der Waals surface area contributed by atoms with Gasteiger partial charge in [0.05, 0.1) is 21.3 Å². The Morgan fingerprint density at radius 2 is 1.82 bits per heavy atom. The Hall–Kier alpha value is -3.27. The van der Waals surface area contributed by atoms with Gasteiger partial charge in [-0.25, -0.2) is 4.98 Å². The number of aromatic nitrogens is 1. The van der Waals surface area contributed by atoms with Crippen LogP contribution in [0.5, 0.6) is 0 Å². The number of carbonyl (C=O) groups excluding carboxylic acids is 3. The first-order chi connectivity index (χ1) is 18.6. The van der Waals surface area contributed by atoms with E-state index in [9.17, 15) is 14.4 Å². The molecule has 0 spiro atoms. The minimum atomic E-state index is -0.822. The Morgan fingerprint density at radius 3 is 2.51 bits per heavy atom.